The first-order valence-corrected chi connectivity index (χ1v) is 8.44. The minimum Gasteiger partial charge on any atom is -0.484 e. The quantitative estimate of drug-likeness (QED) is 0.464. The van der Waals surface area contributed by atoms with Crippen LogP contribution in [0.4, 0.5) is 18.9 Å². The first-order valence-electron chi connectivity index (χ1n) is 8.44. The van der Waals surface area contributed by atoms with E-state index >= 15 is 0 Å². The van der Waals surface area contributed by atoms with E-state index in [2.05, 4.69) is 20.1 Å². The standard InChI is InChI=1S/C18H14F3N5O4/c19-18(20,21)11-30-13-2-3-15(26(28)29)14(9-13)17(27)23-10-12-4-6-22-16(8-12)25-7-1-5-24-25/h1-9H,10-11H2,(H,23,27). The van der Waals surface area contributed by atoms with Gasteiger partial charge in [0.05, 0.1) is 4.92 Å². The largest absolute Gasteiger partial charge is 0.484 e. The molecule has 0 saturated carbocycles. The summed E-state index contributed by atoms with van der Waals surface area (Å²) in [6.45, 7) is -1.58. The highest BCUT2D eigenvalue weighted by Crippen LogP contribution is 2.26. The van der Waals surface area contributed by atoms with Crippen LogP contribution >= 0.6 is 0 Å². The van der Waals surface area contributed by atoms with Gasteiger partial charge in [0, 0.05) is 31.2 Å². The second-order valence-corrected chi connectivity index (χ2v) is 6.00. The summed E-state index contributed by atoms with van der Waals surface area (Å²) in [5.74, 6) is -0.648. The van der Waals surface area contributed by atoms with E-state index in [1.54, 1.807) is 30.6 Å². The highest BCUT2D eigenvalue weighted by molar-refractivity contribution is 5.98. The van der Waals surface area contributed by atoms with Crippen LogP contribution in [0, 0.1) is 10.1 Å². The fourth-order valence-corrected chi connectivity index (χ4v) is 2.49. The Hall–Kier alpha value is -3.96. The van der Waals surface area contributed by atoms with Gasteiger partial charge in [-0.1, -0.05) is 0 Å². The lowest BCUT2D eigenvalue weighted by molar-refractivity contribution is -0.385. The number of ether oxygens (including phenoxy) is 1. The van der Waals surface area contributed by atoms with Crippen molar-refractivity contribution in [3.63, 3.8) is 0 Å². The molecule has 0 aliphatic heterocycles. The van der Waals surface area contributed by atoms with Gasteiger partial charge < -0.3 is 10.1 Å². The second-order valence-electron chi connectivity index (χ2n) is 6.00. The number of aromatic nitrogens is 3. The number of nitrogens with one attached hydrogen (secondary N) is 1. The van der Waals surface area contributed by atoms with Crippen molar-refractivity contribution in [1.29, 1.82) is 0 Å². The maximum atomic E-state index is 12.5. The highest BCUT2D eigenvalue weighted by atomic mass is 19.4. The maximum Gasteiger partial charge on any atom is 0.422 e. The SMILES string of the molecule is O=C(NCc1ccnc(-n2cccn2)c1)c1cc(OCC(F)(F)F)ccc1[N+](=O)[O-]. The van der Waals surface area contributed by atoms with E-state index in [0.29, 0.717) is 11.4 Å². The van der Waals surface area contributed by atoms with Gasteiger partial charge in [0.1, 0.15) is 11.3 Å². The number of nitro groups is 1. The Morgan fingerprint density at radius 3 is 2.70 bits per heavy atom. The van der Waals surface area contributed by atoms with E-state index in [1.165, 1.54) is 10.9 Å². The number of carbonyl (C=O) groups excluding carboxylic acids is 1. The number of nitrogens with zero attached hydrogens (tertiary/aromatic N) is 4. The topological polar surface area (TPSA) is 112 Å². The van der Waals surface area contributed by atoms with Gasteiger partial charge in [0.15, 0.2) is 12.4 Å². The van der Waals surface area contributed by atoms with E-state index < -0.39 is 34.9 Å². The molecule has 1 N–H and O–H groups in total. The van der Waals surface area contributed by atoms with Gasteiger partial charge in [-0.15, -0.1) is 0 Å². The molecule has 1 amide bonds. The van der Waals surface area contributed by atoms with Crippen molar-refractivity contribution in [2.24, 2.45) is 0 Å². The number of nitro benzene ring substituents is 1. The minimum absolute atomic E-state index is 0.000409. The third-order valence-corrected chi connectivity index (χ3v) is 3.81. The molecule has 3 aromatic rings. The molecule has 0 aliphatic carbocycles. The summed E-state index contributed by atoms with van der Waals surface area (Å²) >= 11 is 0. The molecule has 1 aromatic carbocycles. The molecule has 0 aliphatic rings. The minimum atomic E-state index is -4.59. The fraction of sp³-hybridized carbons (Fsp3) is 0.167. The Morgan fingerprint density at radius 1 is 1.23 bits per heavy atom. The highest BCUT2D eigenvalue weighted by Gasteiger charge is 2.29. The van der Waals surface area contributed by atoms with E-state index in [-0.39, 0.29) is 12.3 Å². The predicted molar refractivity (Wildman–Crippen MR) is 97.2 cm³/mol. The summed E-state index contributed by atoms with van der Waals surface area (Å²) in [5.41, 5.74) is -0.337. The molecule has 12 heteroatoms. The van der Waals surface area contributed by atoms with Crippen LogP contribution in [0.5, 0.6) is 5.75 Å². The van der Waals surface area contributed by atoms with Crippen LogP contribution < -0.4 is 10.1 Å². The van der Waals surface area contributed by atoms with Crippen LogP contribution in [0.15, 0.2) is 55.0 Å². The van der Waals surface area contributed by atoms with Crippen molar-refractivity contribution in [2.75, 3.05) is 6.61 Å². The molecular formula is C18H14F3N5O4. The Labute approximate surface area is 167 Å². The van der Waals surface area contributed by atoms with Crippen LogP contribution in [0.3, 0.4) is 0 Å². The van der Waals surface area contributed by atoms with Gasteiger partial charge >= 0.3 is 6.18 Å². The van der Waals surface area contributed by atoms with Crippen molar-refractivity contribution in [2.45, 2.75) is 12.7 Å². The summed E-state index contributed by atoms with van der Waals surface area (Å²) in [6.07, 6.45) is 0.175. The molecule has 30 heavy (non-hydrogen) atoms. The Kier molecular flexibility index (Phi) is 5.95. The maximum absolute atomic E-state index is 12.5. The van der Waals surface area contributed by atoms with Gasteiger partial charge in [-0.25, -0.2) is 9.67 Å². The molecule has 0 fully saturated rings. The number of amides is 1. The van der Waals surface area contributed by atoms with Gasteiger partial charge in [-0.3, -0.25) is 14.9 Å². The summed E-state index contributed by atoms with van der Waals surface area (Å²) < 4.78 is 43.1. The number of hydrogen-bond acceptors (Lipinski definition) is 6. The molecule has 0 spiro atoms. The van der Waals surface area contributed by atoms with Crippen molar-refractivity contribution in [1.82, 2.24) is 20.1 Å². The number of alkyl halides is 3. The van der Waals surface area contributed by atoms with Gasteiger partial charge in [0.25, 0.3) is 11.6 Å². The molecule has 3 rings (SSSR count). The first-order chi connectivity index (χ1) is 14.2. The third kappa shape index (κ3) is 5.31. The monoisotopic (exact) mass is 421 g/mol. The summed E-state index contributed by atoms with van der Waals surface area (Å²) in [4.78, 5) is 27.0. The van der Waals surface area contributed by atoms with Gasteiger partial charge in [-0.05, 0) is 35.9 Å². The van der Waals surface area contributed by atoms with Gasteiger partial charge in [-0.2, -0.15) is 18.3 Å². The van der Waals surface area contributed by atoms with E-state index in [0.717, 1.165) is 18.2 Å². The Balaban J connectivity index is 1.75. The van der Waals surface area contributed by atoms with E-state index in [1.807, 2.05) is 0 Å². The zero-order valence-corrected chi connectivity index (χ0v) is 15.2. The molecule has 156 valence electrons. The number of rotatable bonds is 7. The smallest absolute Gasteiger partial charge is 0.422 e. The first kappa shape index (κ1) is 20.8. The van der Waals surface area contributed by atoms with Crippen molar-refractivity contribution >= 4 is 11.6 Å². The van der Waals surface area contributed by atoms with Crippen molar-refractivity contribution in [3.8, 4) is 11.6 Å². The lowest BCUT2D eigenvalue weighted by Crippen LogP contribution is -2.24. The molecule has 2 heterocycles. The number of halogens is 3. The molecule has 0 unspecified atom stereocenters. The molecular weight excluding hydrogens is 407 g/mol. The second kappa shape index (κ2) is 8.59. The Morgan fingerprint density at radius 2 is 2.03 bits per heavy atom. The number of benzene rings is 1. The predicted octanol–water partition coefficient (Wildman–Crippen LogP) is 3.05. The van der Waals surface area contributed by atoms with Gasteiger partial charge in [0.2, 0.25) is 0 Å². The van der Waals surface area contributed by atoms with E-state index in [9.17, 15) is 28.1 Å². The van der Waals surface area contributed by atoms with Crippen LogP contribution in [0.25, 0.3) is 5.82 Å². The number of hydrogen-bond donors (Lipinski definition) is 1. The van der Waals surface area contributed by atoms with Crippen LogP contribution in [0.1, 0.15) is 15.9 Å². The molecule has 0 saturated heterocycles. The Bertz CT molecular complexity index is 1050. The molecule has 0 atom stereocenters. The zero-order chi connectivity index (χ0) is 21.7. The number of pyridine rings is 1. The molecule has 0 bridgehead atoms. The van der Waals surface area contributed by atoms with E-state index in [4.69, 9.17) is 0 Å². The summed E-state index contributed by atoms with van der Waals surface area (Å²) in [5, 5.41) is 17.7. The van der Waals surface area contributed by atoms with Crippen molar-refractivity contribution in [3.05, 3.63) is 76.2 Å². The fourth-order valence-electron chi connectivity index (χ4n) is 2.49. The van der Waals surface area contributed by atoms with Crippen LogP contribution in [-0.4, -0.2) is 38.4 Å². The molecule has 9 nitrogen and oxygen atoms in total. The summed E-state index contributed by atoms with van der Waals surface area (Å²) in [7, 11) is 0. The lowest BCUT2D eigenvalue weighted by Gasteiger charge is -2.11. The van der Waals surface area contributed by atoms with Crippen molar-refractivity contribution < 1.29 is 27.6 Å². The normalized spacial score (nSPS) is 11.2. The molecule has 0 radical (unpaired) electrons. The number of carbonyl (C=O) groups is 1. The third-order valence-electron chi connectivity index (χ3n) is 3.81. The molecule has 2 aromatic heterocycles. The van der Waals surface area contributed by atoms with Crippen LogP contribution in [0.2, 0.25) is 0 Å². The van der Waals surface area contributed by atoms with Crippen LogP contribution in [-0.2, 0) is 6.54 Å². The average Bonchev–Trinajstić information content (AvgIpc) is 3.25. The lowest BCUT2D eigenvalue weighted by atomic mass is 10.1. The summed E-state index contributed by atoms with van der Waals surface area (Å²) in [6, 6.07) is 7.82. The average molecular weight is 421 g/mol. The zero-order valence-electron chi connectivity index (χ0n) is 15.2.